The van der Waals surface area contributed by atoms with Gasteiger partial charge in [-0.2, -0.15) is 0 Å². The Balaban J connectivity index is 3.10. The summed E-state index contributed by atoms with van der Waals surface area (Å²) >= 11 is 0. The molecule has 15 heavy (non-hydrogen) atoms. The maximum absolute atomic E-state index is 11.2. The largest absolute Gasteiger partial charge is 0.516 e. The van der Waals surface area contributed by atoms with Crippen molar-refractivity contribution in [2.24, 2.45) is 0 Å². The van der Waals surface area contributed by atoms with E-state index in [0.717, 1.165) is 18.9 Å². The molecule has 0 atom stereocenters. The van der Waals surface area contributed by atoms with Gasteiger partial charge in [-0.15, -0.1) is 0 Å². The standard InChI is InChI=1S/C12H24O2Si/c1-3-5-6-7-8-9-10-12(13)14-15-11-4-2/h3-11H2,1-2H3. The Morgan fingerprint density at radius 3 is 2.33 bits per heavy atom. The summed E-state index contributed by atoms with van der Waals surface area (Å²) < 4.78 is 5.10. The molecule has 0 fully saturated rings. The quantitative estimate of drug-likeness (QED) is 0.421. The number of carbonyl (C=O) groups is 1. The van der Waals surface area contributed by atoms with Crippen molar-refractivity contribution in [3.05, 3.63) is 0 Å². The highest BCUT2D eigenvalue weighted by Crippen LogP contribution is 2.07. The molecule has 0 aliphatic carbocycles. The molecule has 3 heteroatoms. The predicted molar refractivity (Wildman–Crippen MR) is 64.9 cm³/mol. The fourth-order valence-corrected chi connectivity index (χ4v) is 1.90. The van der Waals surface area contributed by atoms with E-state index in [4.69, 9.17) is 4.43 Å². The fourth-order valence-electron chi connectivity index (χ4n) is 1.33. The third-order valence-electron chi connectivity index (χ3n) is 2.27. The van der Waals surface area contributed by atoms with Crippen LogP contribution in [0.1, 0.15) is 65.2 Å². The van der Waals surface area contributed by atoms with E-state index in [1.807, 2.05) is 0 Å². The number of rotatable bonds is 10. The molecule has 0 heterocycles. The fraction of sp³-hybridized carbons (Fsp3) is 0.917. The van der Waals surface area contributed by atoms with Gasteiger partial charge in [-0.05, 0) is 12.5 Å². The molecule has 0 aliphatic heterocycles. The minimum atomic E-state index is -0.00252. The van der Waals surface area contributed by atoms with Gasteiger partial charge < -0.3 is 4.43 Å². The van der Waals surface area contributed by atoms with E-state index < -0.39 is 0 Å². The van der Waals surface area contributed by atoms with Crippen LogP contribution in [0.2, 0.25) is 6.04 Å². The third-order valence-corrected chi connectivity index (χ3v) is 3.35. The van der Waals surface area contributed by atoms with Crippen molar-refractivity contribution >= 4 is 15.7 Å². The van der Waals surface area contributed by atoms with Gasteiger partial charge in [0.25, 0.3) is 5.97 Å². The molecule has 0 unspecified atom stereocenters. The molecule has 0 aromatic carbocycles. The van der Waals surface area contributed by atoms with Crippen molar-refractivity contribution in [2.45, 2.75) is 71.3 Å². The Kier molecular flexibility index (Phi) is 11.5. The second kappa shape index (κ2) is 11.8. The molecule has 0 aromatic heterocycles. The molecule has 0 saturated heterocycles. The first kappa shape index (κ1) is 14.7. The summed E-state index contributed by atoms with van der Waals surface area (Å²) in [6.07, 6.45) is 9.06. The zero-order valence-corrected chi connectivity index (χ0v) is 11.2. The molecule has 0 spiro atoms. The summed E-state index contributed by atoms with van der Waals surface area (Å²) in [5.41, 5.74) is 0. The lowest BCUT2D eigenvalue weighted by Gasteiger charge is -2.02. The van der Waals surface area contributed by atoms with Crippen LogP contribution in [0.15, 0.2) is 0 Å². The van der Waals surface area contributed by atoms with Crippen LogP contribution in [0.25, 0.3) is 0 Å². The van der Waals surface area contributed by atoms with E-state index in [0.29, 0.717) is 16.2 Å². The summed E-state index contributed by atoms with van der Waals surface area (Å²) in [7, 11) is 0.375. The molecule has 2 radical (unpaired) electrons. The van der Waals surface area contributed by atoms with Crippen molar-refractivity contribution in [1.29, 1.82) is 0 Å². The van der Waals surface area contributed by atoms with Crippen molar-refractivity contribution < 1.29 is 9.22 Å². The lowest BCUT2D eigenvalue weighted by atomic mass is 10.1. The van der Waals surface area contributed by atoms with Gasteiger partial charge in [-0.1, -0.05) is 52.4 Å². The molecule has 0 amide bonds. The number of unbranched alkanes of at least 4 members (excludes halogenated alkanes) is 5. The lowest BCUT2D eigenvalue weighted by Crippen LogP contribution is -2.07. The normalized spacial score (nSPS) is 10.3. The van der Waals surface area contributed by atoms with E-state index >= 15 is 0 Å². The zero-order chi connectivity index (χ0) is 11.4. The molecule has 88 valence electrons. The Hall–Kier alpha value is -0.313. The predicted octanol–water partition coefficient (Wildman–Crippen LogP) is 3.73. The highest BCUT2D eigenvalue weighted by Gasteiger charge is 2.02. The van der Waals surface area contributed by atoms with E-state index in [-0.39, 0.29) is 5.97 Å². The van der Waals surface area contributed by atoms with Gasteiger partial charge in [-0.3, -0.25) is 4.79 Å². The van der Waals surface area contributed by atoms with Crippen LogP contribution in [-0.2, 0) is 9.22 Å². The molecule has 0 aliphatic rings. The van der Waals surface area contributed by atoms with Gasteiger partial charge >= 0.3 is 9.76 Å². The SMILES string of the molecule is CCCCCCCCC(=O)O[Si]CCC. The summed E-state index contributed by atoms with van der Waals surface area (Å²) in [6, 6.07) is 1.02. The summed E-state index contributed by atoms with van der Waals surface area (Å²) in [5, 5.41) is 0. The van der Waals surface area contributed by atoms with E-state index in [1.165, 1.54) is 32.1 Å². The molecule has 0 aromatic rings. The molecule has 0 rings (SSSR count). The zero-order valence-electron chi connectivity index (χ0n) is 10.2. The third kappa shape index (κ3) is 11.6. The first-order valence-electron chi connectivity index (χ1n) is 6.23. The van der Waals surface area contributed by atoms with Crippen molar-refractivity contribution in [2.75, 3.05) is 0 Å². The van der Waals surface area contributed by atoms with Crippen molar-refractivity contribution in [3.63, 3.8) is 0 Å². The van der Waals surface area contributed by atoms with Gasteiger partial charge in [0.05, 0.1) is 0 Å². The van der Waals surface area contributed by atoms with E-state index in [2.05, 4.69) is 13.8 Å². The first-order chi connectivity index (χ1) is 7.31. The van der Waals surface area contributed by atoms with Crippen LogP contribution in [-0.4, -0.2) is 15.7 Å². The summed E-state index contributed by atoms with van der Waals surface area (Å²) in [6.45, 7) is 4.32. The monoisotopic (exact) mass is 228 g/mol. The van der Waals surface area contributed by atoms with Crippen LogP contribution in [0, 0.1) is 0 Å². The topological polar surface area (TPSA) is 26.3 Å². The van der Waals surface area contributed by atoms with Crippen LogP contribution in [0.4, 0.5) is 0 Å². The first-order valence-corrected chi connectivity index (χ1v) is 7.35. The Morgan fingerprint density at radius 1 is 1.00 bits per heavy atom. The van der Waals surface area contributed by atoms with Gasteiger partial charge in [0.15, 0.2) is 0 Å². The highest BCUT2D eigenvalue weighted by atomic mass is 28.2. The Labute approximate surface area is 96.7 Å². The van der Waals surface area contributed by atoms with Crippen molar-refractivity contribution in [3.8, 4) is 0 Å². The number of carbonyl (C=O) groups excluding carboxylic acids is 1. The molecule has 2 nitrogen and oxygen atoms in total. The molecular formula is C12H24O2Si. The summed E-state index contributed by atoms with van der Waals surface area (Å²) in [5.74, 6) is -0.00252. The smallest absolute Gasteiger partial charge is 0.314 e. The number of hydrogen-bond acceptors (Lipinski definition) is 2. The second-order valence-corrected chi connectivity index (χ2v) is 4.88. The number of hydrogen-bond donors (Lipinski definition) is 0. The second-order valence-electron chi connectivity index (χ2n) is 3.89. The van der Waals surface area contributed by atoms with Crippen LogP contribution in [0.5, 0.6) is 0 Å². The maximum Gasteiger partial charge on any atom is 0.314 e. The van der Waals surface area contributed by atoms with Crippen LogP contribution in [0.3, 0.4) is 0 Å². The van der Waals surface area contributed by atoms with Crippen LogP contribution < -0.4 is 0 Å². The lowest BCUT2D eigenvalue weighted by molar-refractivity contribution is -0.134. The van der Waals surface area contributed by atoms with Gasteiger partial charge in [0.1, 0.15) is 0 Å². The average molecular weight is 228 g/mol. The van der Waals surface area contributed by atoms with Gasteiger partial charge in [0.2, 0.25) is 0 Å². The van der Waals surface area contributed by atoms with Gasteiger partial charge in [0, 0.05) is 6.42 Å². The minimum Gasteiger partial charge on any atom is -0.516 e. The van der Waals surface area contributed by atoms with E-state index in [9.17, 15) is 4.79 Å². The van der Waals surface area contributed by atoms with Crippen molar-refractivity contribution in [1.82, 2.24) is 0 Å². The highest BCUT2D eigenvalue weighted by molar-refractivity contribution is 6.30. The van der Waals surface area contributed by atoms with Gasteiger partial charge in [-0.25, -0.2) is 0 Å². The Bertz CT molecular complexity index is 149. The summed E-state index contributed by atoms with van der Waals surface area (Å²) in [4.78, 5) is 11.2. The molecule has 0 bridgehead atoms. The van der Waals surface area contributed by atoms with Crippen LogP contribution >= 0.6 is 0 Å². The molecular weight excluding hydrogens is 204 g/mol. The molecule has 0 N–H and O–H groups in total. The van der Waals surface area contributed by atoms with E-state index in [1.54, 1.807) is 0 Å². The Morgan fingerprint density at radius 2 is 1.67 bits per heavy atom. The average Bonchev–Trinajstić information content (AvgIpc) is 2.23. The molecule has 0 saturated carbocycles. The minimum absolute atomic E-state index is 0.00252. The maximum atomic E-state index is 11.2.